The van der Waals surface area contributed by atoms with Crippen LogP contribution in [0.3, 0.4) is 0 Å². The molecule has 1 saturated heterocycles. The molecule has 0 radical (unpaired) electrons. The Kier molecular flexibility index (Phi) is 16.5. The van der Waals surface area contributed by atoms with Crippen LogP contribution < -0.4 is 10.6 Å². The number of benzene rings is 2. The summed E-state index contributed by atoms with van der Waals surface area (Å²) >= 11 is 1.08. The van der Waals surface area contributed by atoms with E-state index in [1.165, 1.54) is 14.0 Å². The molecule has 3 unspecified atom stereocenters. The van der Waals surface area contributed by atoms with Gasteiger partial charge in [-0.15, -0.1) is 0 Å². The van der Waals surface area contributed by atoms with Gasteiger partial charge in [-0.25, -0.2) is 9.59 Å². The van der Waals surface area contributed by atoms with Gasteiger partial charge in [0.2, 0.25) is 5.91 Å². The molecule has 0 saturated carbocycles. The molecule has 1 aliphatic rings. The molecule has 2 aromatic rings. The number of rotatable bonds is 15. The van der Waals surface area contributed by atoms with Gasteiger partial charge in [0.15, 0.2) is 18.3 Å². The van der Waals surface area contributed by atoms with Crippen molar-refractivity contribution in [3.05, 3.63) is 65.7 Å². The van der Waals surface area contributed by atoms with Crippen molar-refractivity contribution in [1.82, 2.24) is 10.6 Å². The molecule has 2 N–H and O–H groups in total. The van der Waals surface area contributed by atoms with Crippen molar-refractivity contribution >= 4 is 53.6 Å². The molecule has 0 bridgehead atoms. The summed E-state index contributed by atoms with van der Waals surface area (Å²) in [4.78, 5) is 88.0. The van der Waals surface area contributed by atoms with Crippen molar-refractivity contribution in [3.63, 3.8) is 0 Å². The minimum Gasteiger partial charge on any atom is -0.467 e. The van der Waals surface area contributed by atoms with E-state index in [0.717, 1.165) is 38.1 Å². The standard InChI is InChI=1S/C38H48N2O14S/c1-21(41)49-20-30-31(50-22(2)42)32(51-23(3)43)33(52-24(4)44)36(53-30)55-27-16-14-26(15-17-27)18-28(40-37(47)54-38(5,6)7)34(45)39-29(35(46)48-8)19-25-12-10-9-11-13-25/h9-17,28-33,36H,18-20H2,1-8H3,(H,39,45)(H,40,47)/t28-,29+,30?,31+,32?,33?,36-/m0/s1. The van der Waals surface area contributed by atoms with Crippen LogP contribution >= 0.6 is 11.8 Å². The quantitative estimate of drug-likeness (QED) is 0.196. The van der Waals surface area contributed by atoms with E-state index in [4.69, 9.17) is 33.2 Å². The first-order chi connectivity index (χ1) is 25.8. The molecule has 300 valence electrons. The Morgan fingerprint density at radius 1 is 0.709 bits per heavy atom. The predicted molar refractivity (Wildman–Crippen MR) is 195 cm³/mol. The second-order valence-electron chi connectivity index (χ2n) is 13.5. The molecule has 7 atom stereocenters. The van der Waals surface area contributed by atoms with E-state index < -0.39 is 89.4 Å². The average molecular weight is 789 g/mol. The van der Waals surface area contributed by atoms with E-state index in [1.54, 1.807) is 69.3 Å². The fraction of sp³-hybridized carbons (Fsp3) is 0.500. The summed E-state index contributed by atoms with van der Waals surface area (Å²) in [7, 11) is 1.21. The SMILES string of the molecule is COC(=O)[C@@H](Cc1ccccc1)NC(=O)[C@H](Cc1ccc(S[C@@H]2OC(COC(C)=O)[C@@H](OC(C)=O)C(OC(C)=O)C2OC(C)=O)cc1)NC(=O)OC(C)(C)C. The lowest BCUT2D eigenvalue weighted by Gasteiger charge is -2.44. The van der Waals surface area contributed by atoms with Crippen LogP contribution in [0.15, 0.2) is 59.5 Å². The second kappa shape index (κ2) is 20.5. The van der Waals surface area contributed by atoms with Crippen LogP contribution in [0.25, 0.3) is 0 Å². The van der Waals surface area contributed by atoms with Gasteiger partial charge in [-0.05, 0) is 44.0 Å². The Bertz CT molecular complexity index is 1660. The van der Waals surface area contributed by atoms with Gasteiger partial charge in [0.1, 0.15) is 35.8 Å². The third-order valence-electron chi connectivity index (χ3n) is 7.66. The lowest BCUT2D eigenvalue weighted by atomic mass is 9.99. The fourth-order valence-corrected chi connectivity index (χ4v) is 6.58. The summed E-state index contributed by atoms with van der Waals surface area (Å²) in [5, 5.41) is 5.30. The van der Waals surface area contributed by atoms with Crippen molar-refractivity contribution in [2.45, 2.75) is 114 Å². The highest BCUT2D eigenvalue weighted by Gasteiger charge is 2.52. The first-order valence-corrected chi connectivity index (χ1v) is 18.2. The van der Waals surface area contributed by atoms with E-state index >= 15 is 0 Å². The van der Waals surface area contributed by atoms with Gasteiger partial charge in [-0.3, -0.25) is 24.0 Å². The van der Waals surface area contributed by atoms with Crippen LogP contribution in [0.2, 0.25) is 0 Å². The van der Waals surface area contributed by atoms with E-state index in [9.17, 15) is 33.6 Å². The zero-order valence-electron chi connectivity index (χ0n) is 32.0. The maximum Gasteiger partial charge on any atom is 0.408 e. The molecule has 1 aliphatic heterocycles. The third-order valence-corrected chi connectivity index (χ3v) is 8.81. The van der Waals surface area contributed by atoms with E-state index in [1.807, 2.05) is 6.07 Å². The Balaban J connectivity index is 1.89. The van der Waals surface area contributed by atoms with Crippen molar-refractivity contribution < 1.29 is 66.7 Å². The third kappa shape index (κ3) is 14.9. The number of carbonyl (C=O) groups excluding carboxylic acids is 7. The number of hydrogen-bond acceptors (Lipinski definition) is 15. The molecule has 0 spiro atoms. The van der Waals surface area contributed by atoms with Gasteiger partial charge >= 0.3 is 35.9 Å². The van der Waals surface area contributed by atoms with Crippen LogP contribution in [-0.2, 0) is 74.8 Å². The van der Waals surface area contributed by atoms with Gasteiger partial charge in [-0.1, -0.05) is 54.2 Å². The number of thioether (sulfide) groups is 1. The van der Waals surface area contributed by atoms with Crippen LogP contribution in [0.5, 0.6) is 0 Å². The highest BCUT2D eigenvalue weighted by molar-refractivity contribution is 7.99. The average Bonchev–Trinajstić information content (AvgIpc) is 3.08. The second-order valence-corrected chi connectivity index (χ2v) is 14.7. The maximum absolute atomic E-state index is 13.7. The minimum absolute atomic E-state index is 0.0195. The molecule has 2 aromatic carbocycles. The summed E-state index contributed by atoms with van der Waals surface area (Å²) < 4.78 is 38.2. The van der Waals surface area contributed by atoms with Gasteiger partial charge < -0.3 is 43.8 Å². The summed E-state index contributed by atoms with van der Waals surface area (Å²) in [5.74, 6) is -4.19. The Labute approximate surface area is 323 Å². The highest BCUT2D eigenvalue weighted by atomic mass is 32.2. The molecule has 0 aromatic heterocycles. The maximum atomic E-state index is 13.7. The van der Waals surface area contributed by atoms with Gasteiger partial charge in [0, 0.05) is 45.4 Å². The molecule has 16 nitrogen and oxygen atoms in total. The van der Waals surface area contributed by atoms with Crippen molar-refractivity contribution in [3.8, 4) is 0 Å². The smallest absolute Gasteiger partial charge is 0.408 e. The van der Waals surface area contributed by atoms with E-state index in [-0.39, 0.29) is 19.4 Å². The number of hydrogen-bond donors (Lipinski definition) is 2. The van der Waals surface area contributed by atoms with Gasteiger partial charge in [0.25, 0.3) is 0 Å². The van der Waals surface area contributed by atoms with Crippen molar-refractivity contribution in [2.24, 2.45) is 0 Å². The summed E-state index contributed by atoms with van der Waals surface area (Å²) in [6, 6.07) is 13.5. The lowest BCUT2D eigenvalue weighted by molar-refractivity contribution is -0.237. The minimum atomic E-state index is -1.33. The topological polar surface area (TPSA) is 208 Å². The number of carbonyl (C=O) groups is 7. The summed E-state index contributed by atoms with van der Waals surface area (Å²) in [5.41, 5.74) is -0.543. The normalized spacial score (nSPS) is 20.4. The van der Waals surface area contributed by atoms with Gasteiger partial charge in [0.05, 0.1) is 7.11 Å². The first-order valence-electron chi connectivity index (χ1n) is 17.3. The monoisotopic (exact) mass is 788 g/mol. The zero-order valence-corrected chi connectivity index (χ0v) is 32.8. The Morgan fingerprint density at radius 2 is 1.25 bits per heavy atom. The molecule has 55 heavy (non-hydrogen) atoms. The van der Waals surface area contributed by atoms with Crippen LogP contribution in [0, 0.1) is 0 Å². The number of methoxy groups -OCH3 is 1. The number of nitrogens with one attached hydrogen (secondary N) is 2. The number of alkyl carbamates (subject to hydrolysis) is 1. The molecular formula is C38H48N2O14S. The molecular weight excluding hydrogens is 740 g/mol. The Morgan fingerprint density at radius 3 is 1.80 bits per heavy atom. The highest BCUT2D eigenvalue weighted by Crippen LogP contribution is 2.37. The Hall–Kier alpha value is -5.16. The van der Waals surface area contributed by atoms with Crippen LogP contribution in [-0.4, -0.2) is 103 Å². The number of ether oxygens (including phenoxy) is 7. The first kappa shape index (κ1) is 44.2. The van der Waals surface area contributed by atoms with E-state index in [0.29, 0.717) is 10.5 Å². The number of amides is 2. The van der Waals surface area contributed by atoms with Crippen LogP contribution in [0.1, 0.15) is 59.6 Å². The molecule has 3 rings (SSSR count). The summed E-state index contributed by atoms with van der Waals surface area (Å²) in [6.45, 7) is 9.27. The summed E-state index contributed by atoms with van der Waals surface area (Å²) in [6.07, 6.45) is -5.73. The molecule has 0 aliphatic carbocycles. The zero-order chi connectivity index (χ0) is 40.9. The van der Waals surface area contributed by atoms with E-state index in [2.05, 4.69) is 10.6 Å². The lowest BCUT2D eigenvalue weighted by Crippen LogP contribution is -2.61. The fourth-order valence-electron chi connectivity index (χ4n) is 5.47. The van der Waals surface area contributed by atoms with Crippen LogP contribution in [0.4, 0.5) is 4.79 Å². The number of esters is 5. The predicted octanol–water partition coefficient (Wildman–Crippen LogP) is 3.20. The van der Waals surface area contributed by atoms with Crippen molar-refractivity contribution in [2.75, 3.05) is 13.7 Å². The largest absolute Gasteiger partial charge is 0.467 e. The van der Waals surface area contributed by atoms with Gasteiger partial charge in [-0.2, -0.15) is 0 Å². The molecule has 2 amide bonds. The molecule has 1 fully saturated rings. The molecule has 1 heterocycles. The van der Waals surface area contributed by atoms with Crippen molar-refractivity contribution in [1.29, 1.82) is 0 Å². The molecule has 17 heteroatoms.